The van der Waals surface area contributed by atoms with Crippen LogP contribution in [0.5, 0.6) is 0 Å². The number of hydrogen-bond donors (Lipinski definition) is 2. The summed E-state index contributed by atoms with van der Waals surface area (Å²) >= 11 is 0. The number of hydrogen-bond acceptors (Lipinski definition) is 4. The number of anilines is 1. The summed E-state index contributed by atoms with van der Waals surface area (Å²) in [6.07, 6.45) is 3.35. The van der Waals surface area contributed by atoms with Gasteiger partial charge in [0.1, 0.15) is 12.3 Å². The van der Waals surface area contributed by atoms with Crippen LogP contribution in [0.4, 0.5) is 5.69 Å². The zero-order valence-corrected chi connectivity index (χ0v) is 13.6. The highest BCUT2D eigenvalue weighted by Gasteiger charge is 2.16. The van der Waals surface area contributed by atoms with Crippen molar-refractivity contribution in [3.05, 3.63) is 24.0 Å². The van der Waals surface area contributed by atoms with E-state index in [2.05, 4.69) is 29.5 Å². The normalized spacial score (nSPS) is 11.1. The molecule has 0 radical (unpaired) electrons. The van der Waals surface area contributed by atoms with Gasteiger partial charge in [-0.25, -0.2) is 0 Å². The van der Waals surface area contributed by atoms with Gasteiger partial charge in [0.15, 0.2) is 0 Å². The van der Waals surface area contributed by atoms with E-state index in [1.54, 1.807) is 13.2 Å². The maximum atomic E-state index is 11.7. The molecular weight excluding hydrogens is 266 g/mol. The number of nitrogens with one attached hydrogen (secondary N) is 2. The van der Waals surface area contributed by atoms with Crippen molar-refractivity contribution in [1.29, 1.82) is 0 Å². The minimum atomic E-state index is -0.415. The second-order valence-corrected chi connectivity index (χ2v) is 4.68. The SMILES string of the molecule is CC.CNC(=O)C(CCC=O)Nc1ccc(C(C)C)nc1. The first-order valence-corrected chi connectivity index (χ1v) is 7.46. The van der Waals surface area contributed by atoms with Crippen molar-refractivity contribution in [3.8, 4) is 0 Å². The monoisotopic (exact) mass is 293 g/mol. The molecule has 2 N–H and O–H groups in total. The predicted molar refractivity (Wildman–Crippen MR) is 86.4 cm³/mol. The lowest BCUT2D eigenvalue weighted by Gasteiger charge is -2.17. The lowest BCUT2D eigenvalue weighted by atomic mass is 10.1. The Labute approximate surface area is 127 Å². The van der Waals surface area contributed by atoms with Crippen LogP contribution in [0.25, 0.3) is 0 Å². The molecule has 1 aromatic heterocycles. The average Bonchev–Trinajstić information content (AvgIpc) is 2.53. The molecule has 0 aliphatic heterocycles. The molecule has 5 nitrogen and oxygen atoms in total. The highest BCUT2D eigenvalue weighted by molar-refractivity contribution is 5.84. The zero-order valence-electron chi connectivity index (χ0n) is 13.6. The van der Waals surface area contributed by atoms with E-state index in [1.165, 1.54) is 0 Å². The Morgan fingerprint density at radius 2 is 2.00 bits per heavy atom. The largest absolute Gasteiger partial charge is 0.372 e. The van der Waals surface area contributed by atoms with Gasteiger partial charge >= 0.3 is 0 Å². The molecule has 1 aromatic rings. The number of aldehydes is 1. The van der Waals surface area contributed by atoms with Gasteiger partial charge < -0.3 is 15.4 Å². The topological polar surface area (TPSA) is 71.1 Å². The van der Waals surface area contributed by atoms with Gasteiger partial charge in [0.2, 0.25) is 5.91 Å². The standard InChI is InChI=1S/C14H21N3O2.C2H6/c1-10(2)12-7-6-11(9-16-12)17-13(5-4-8-18)14(19)15-3;1-2/h6-10,13,17H,4-5H2,1-3H3,(H,15,19);1-2H3. The molecular formula is C16H27N3O2. The molecule has 1 unspecified atom stereocenters. The van der Waals surface area contributed by atoms with E-state index in [1.807, 2.05) is 26.0 Å². The van der Waals surface area contributed by atoms with Crippen molar-refractivity contribution >= 4 is 17.9 Å². The maximum absolute atomic E-state index is 11.7. The van der Waals surface area contributed by atoms with Crippen LogP contribution >= 0.6 is 0 Å². The van der Waals surface area contributed by atoms with Crippen molar-refractivity contribution in [3.63, 3.8) is 0 Å². The molecule has 1 rings (SSSR count). The minimum Gasteiger partial charge on any atom is -0.372 e. The first kappa shape index (κ1) is 19.1. The van der Waals surface area contributed by atoms with E-state index in [0.29, 0.717) is 18.8 Å². The van der Waals surface area contributed by atoms with E-state index in [9.17, 15) is 9.59 Å². The zero-order chi connectivity index (χ0) is 16.3. The van der Waals surface area contributed by atoms with Crippen LogP contribution in [0.1, 0.15) is 52.1 Å². The van der Waals surface area contributed by atoms with Crippen molar-refractivity contribution in [1.82, 2.24) is 10.3 Å². The quantitative estimate of drug-likeness (QED) is 0.758. The third kappa shape index (κ3) is 6.88. The molecule has 1 heterocycles. The van der Waals surface area contributed by atoms with Crippen LogP contribution in [-0.4, -0.2) is 30.3 Å². The third-order valence-corrected chi connectivity index (χ3v) is 2.85. The second-order valence-electron chi connectivity index (χ2n) is 4.68. The first-order valence-electron chi connectivity index (χ1n) is 7.46. The fourth-order valence-corrected chi connectivity index (χ4v) is 1.71. The van der Waals surface area contributed by atoms with Crippen molar-refractivity contribution in [2.75, 3.05) is 12.4 Å². The average molecular weight is 293 g/mol. The number of amides is 1. The molecule has 0 saturated carbocycles. The Kier molecular flexibility index (Phi) is 9.84. The number of nitrogens with zero attached hydrogens (tertiary/aromatic N) is 1. The van der Waals surface area contributed by atoms with E-state index >= 15 is 0 Å². The summed E-state index contributed by atoms with van der Waals surface area (Å²) in [6.45, 7) is 8.15. The van der Waals surface area contributed by atoms with Crippen LogP contribution in [0.3, 0.4) is 0 Å². The molecule has 0 aromatic carbocycles. The Morgan fingerprint density at radius 1 is 1.33 bits per heavy atom. The van der Waals surface area contributed by atoms with Gasteiger partial charge in [-0.1, -0.05) is 27.7 Å². The van der Waals surface area contributed by atoms with Crippen LogP contribution in [0, 0.1) is 0 Å². The van der Waals surface area contributed by atoms with Gasteiger partial charge in [-0.15, -0.1) is 0 Å². The summed E-state index contributed by atoms with van der Waals surface area (Å²) in [7, 11) is 1.58. The number of carbonyl (C=O) groups excluding carboxylic acids is 2. The lowest BCUT2D eigenvalue weighted by Crippen LogP contribution is -2.37. The lowest BCUT2D eigenvalue weighted by molar-refractivity contribution is -0.121. The van der Waals surface area contributed by atoms with Crippen LogP contribution in [0.2, 0.25) is 0 Å². The smallest absolute Gasteiger partial charge is 0.242 e. The molecule has 1 atom stereocenters. The van der Waals surface area contributed by atoms with Crippen LogP contribution < -0.4 is 10.6 Å². The Bertz CT molecular complexity index is 416. The molecule has 0 saturated heterocycles. The van der Waals surface area contributed by atoms with Crippen molar-refractivity contribution < 1.29 is 9.59 Å². The summed E-state index contributed by atoms with van der Waals surface area (Å²) < 4.78 is 0. The Hall–Kier alpha value is -1.91. The fraction of sp³-hybridized carbons (Fsp3) is 0.562. The van der Waals surface area contributed by atoms with E-state index in [-0.39, 0.29) is 5.91 Å². The number of likely N-dealkylation sites (N-methyl/N-ethyl adjacent to an activating group) is 1. The summed E-state index contributed by atoms with van der Waals surface area (Å²) in [6, 6.07) is 3.43. The van der Waals surface area contributed by atoms with Crippen molar-refractivity contribution in [2.45, 2.75) is 52.5 Å². The molecule has 118 valence electrons. The number of rotatable bonds is 7. The van der Waals surface area contributed by atoms with Gasteiger partial charge in [-0.2, -0.15) is 0 Å². The molecule has 5 heteroatoms. The van der Waals surface area contributed by atoms with Crippen molar-refractivity contribution in [2.24, 2.45) is 0 Å². The number of aromatic nitrogens is 1. The maximum Gasteiger partial charge on any atom is 0.242 e. The van der Waals surface area contributed by atoms with Gasteiger partial charge in [0.05, 0.1) is 11.9 Å². The van der Waals surface area contributed by atoms with Crippen LogP contribution in [0.15, 0.2) is 18.3 Å². The van der Waals surface area contributed by atoms with Gasteiger partial charge in [-0.05, 0) is 24.5 Å². The molecule has 21 heavy (non-hydrogen) atoms. The van der Waals surface area contributed by atoms with Crippen LogP contribution in [-0.2, 0) is 9.59 Å². The Balaban J connectivity index is 0.00000191. The van der Waals surface area contributed by atoms with Gasteiger partial charge in [0, 0.05) is 19.2 Å². The molecule has 1 amide bonds. The molecule has 0 aliphatic carbocycles. The number of pyridine rings is 1. The fourth-order valence-electron chi connectivity index (χ4n) is 1.71. The molecule has 0 aliphatic rings. The highest BCUT2D eigenvalue weighted by atomic mass is 16.2. The molecule has 0 spiro atoms. The first-order chi connectivity index (χ1) is 10.1. The van der Waals surface area contributed by atoms with Gasteiger partial charge in [0.25, 0.3) is 0 Å². The van der Waals surface area contributed by atoms with E-state index in [4.69, 9.17) is 0 Å². The summed E-state index contributed by atoms with van der Waals surface area (Å²) in [5.74, 6) is 0.244. The predicted octanol–water partition coefficient (Wildman–Crippen LogP) is 2.74. The minimum absolute atomic E-state index is 0.130. The molecule has 0 fully saturated rings. The van der Waals surface area contributed by atoms with E-state index < -0.39 is 6.04 Å². The van der Waals surface area contributed by atoms with E-state index in [0.717, 1.165) is 17.7 Å². The van der Waals surface area contributed by atoms with Gasteiger partial charge in [-0.3, -0.25) is 9.78 Å². The molecule has 0 bridgehead atoms. The number of carbonyl (C=O) groups is 2. The summed E-state index contributed by atoms with van der Waals surface area (Å²) in [5, 5.41) is 5.68. The summed E-state index contributed by atoms with van der Waals surface area (Å²) in [5.41, 5.74) is 1.79. The summed E-state index contributed by atoms with van der Waals surface area (Å²) in [4.78, 5) is 26.4. The highest BCUT2D eigenvalue weighted by Crippen LogP contribution is 2.15. The second kappa shape index (κ2) is 10.8. The Morgan fingerprint density at radius 3 is 2.43 bits per heavy atom. The third-order valence-electron chi connectivity index (χ3n) is 2.85.